The molecule has 0 heterocycles. The van der Waals surface area contributed by atoms with Crippen LogP contribution in [0.4, 0.5) is 11.4 Å². The standard InChI is InChI=1S/C22H27N3O2/c1-3-8-20(26)24-18-11-7-12-19(15(18)2)25-21(16-9-5-4-6-10-16)22(27)23-17-13-14-17/h4-7,9-12,17,21,25H,3,8,13-14H2,1-2H3,(H,23,27)(H,24,26). The van der Waals surface area contributed by atoms with E-state index in [9.17, 15) is 9.59 Å². The largest absolute Gasteiger partial charge is 0.370 e. The summed E-state index contributed by atoms with van der Waals surface area (Å²) in [6.07, 6.45) is 3.39. The van der Waals surface area contributed by atoms with E-state index < -0.39 is 6.04 Å². The second kappa shape index (κ2) is 8.71. The van der Waals surface area contributed by atoms with Crippen molar-refractivity contribution in [2.24, 2.45) is 0 Å². The molecule has 1 aliphatic carbocycles. The monoisotopic (exact) mass is 365 g/mol. The molecule has 0 aliphatic heterocycles. The lowest BCUT2D eigenvalue weighted by atomic mass is 10.0. The lowest BCUT2D eigenvalue weighted by molar-refractivity contribution is -0.122. The maximum atomic E-state index is 12.8. The van der Waals surface area contributed by atoms with E-state index in [0.717, 1.165) is 41.8 Å². The van der Waals surface area contributed by atoms with Crippen molar-refractivity contribution >= 4 is 23.2 Å². The van der Waals surface area contributed by atoms with Crippen LogP contribution < -0.4 is 16.0 Å². The van der Waals surface area contributed by atoms with E-state index in [1.54, 1.807) is 0 Å². The molecule has 0 radical (unpaired) electrons. The first-order valence-electron chi connectivity index (χ1n) is 9.59. The molecule has 1 unspecified atom stereocenters. The molecule has 3 N–H and O–H groups in total. The highest BCUT2D eigenvalue weighted by atomic mass is 16.2. The van der Waals surface area contributed by atoms with Crippen LogP contribution in [-0.2, 0) is 9.59 Å². The van der Waals surface area contributed by atoms with Crippen molar-refractivity contribution < 1.29 is 9.59 Å². The van der Waals surface area contributed by atoms with Gasteiger partial charge in [0, 0.05) is 23.8 Å². The number of amides is 2. The van der Waals surface area contributed by atoms with Crippen LogP contribution in [0.5, 0.6) is 0 Å². The highest BCUT2D eigenvalue weighted by Crippen LogP contribution is 2.28. The lowest BCUT2D eigenvalue weighted by Gasteiger charge is -2.22. The van der Waals surface area contributed by atoms with Gasteiger partial charge in [-0.2, -0.15) is 0 Å². The van der Waals surface area contributed by atoms with E-state index in [4.69, 9.17) is 0 Å². The first kappa shape index (κ1) is 19.0. The Morgan fingerprint density at radius 3 is 2.41 bits per heavy atom. The van der Waals surface area contributed by atoms with Crippen LogP contribution >= 0.6 is 0 Å². The Hall–Kier alpha value is -2.82. The van der Waals surface area contributed by atoms with Crippen molar-refractivity contribution in [3.8, 4) is 0 Å². The minimum absolute atomic E-state index is 0.00355. The predicted molar refractivity (Wildman–Crippen MR) is 109 cm³/mol. The van der Waals surface area contributed by atoms with Crippen molar-refractivity contribution in [2.75, 3.05) is 10.6 Å². The van der Waals surface area contributed by atoms with Gasteiger partial charge in [0.1, 0.15) is 6.04 Å². The molecular formula is C22H27N3O2. The summed E-state index contributed by atoms with van der Waals surface area (Å²) >= 11 is 0. The van der Waals surface area contributed by atoms with Gasteiger partial charge in [0.15, 0.2) is 0 Å². The zero-order valence-electron chi connectivity index (χ0n) is 15.9. The van der Waals surface area contributed by atoms with Gasteiger partial charge < -0.3 is 16.0 Å². The topological polar surface area (TPSA) is 70.2 Å². The fraction of sp³-hybridized carbons (Fsp3) is 0.364. The maximum absolute atomic E-state index is 12.8. The van der Waals surface area contributed by atoms with Crippen LogP contribution in [0.25, 0.3) is 0 Å². The maximum Gasteiger partial charge on any atom is 0.247 e. The number of hydrogen-bond donors (Lipinski definition) is 3. The third kappa shape index (κ3) is 5.09. The molecule has 1 atom stereocenters. The van der Waals surface area contributed by atoms with Crippen molar-refractivity contribution in [1.82, 2.24) is 5.32 Å². The molecule has 5 heteroatoms. The second-order valence-electron chi connectivity index (χ2n) is 7.05. The van der Waals surface area contributed by atoms with Gasteiger partial charge in [-0.3, -0.25) is 9.59 Å². The summed E-state index contributed by atoms with van der Waals surface area (Å²) in [7, 11) is 0. The predicted octanol–water partition coefficient (Wildman–Crippen LogP) is 4.17. The number of carbonyl (C=O) groups is 2. The highest BCUT2D eigenvalue weighted by molar-refractivity contribution is 5.93. The summed E-state index contributed by atoms with van der Waals surface area (Å²) in [4.78, 5) is 24.8. The number of anilines is 2. The molecule has 0 saturated heterocycles. The molecule has 27 heavy (non-hydrogen) atoms. The van der Waals surface area contributed by atoms with Crippen LogP contribution in [0, 0.1) is 6.92 Å². The Morgan fingerprint density at radius 1 is 1.04 bits per heavy atom. The first-order chi connectivity index (χ1) is 13.1. The Morgan fingerprint density at radius 2 is 1.74 bits per heavy atom. The first-order valence-corrected chi connectivity index (χ1v) is 9.59. The molecule has 0 aromatic heterocycles. The molecule has 3 rings (SSSR count). The van der Waals surface area contributed by atoms with Crippen LogP contribution in [-0.4, -0.2) is 17.9 Å². The van der Waals surface area contributed by atoms with E-state index in [-0.39, 0.29) is 11.8 Å². The van der Waals surface area contributed by atoms with E-state index in [0.29, 0.717) is 12.5 Å². The molecule has 2 aromatic rings. The Kier molecular flexibility index (Phi) is 6.12. The Balaban J connectivity index is 1.82. The van der Waals surface area contributed by atoms with E-state index in [1.165, 1.54) is 0 Å². The van der Waals surface area contributed by atoms with Crippen LogP contribution in [0.15, 0.2) is 48.5 Å². The zero-order chi connectivity index (χ0) is 19.2. The summed E-state index contributed by atoms with van der Waals surface area (Å²) in [5, 5.41) is 9.42. The molecule has 1 fully saturated rings. The molecule has 0 spiro atoms. The molecule has 2 amide bonds. The van der Waals surface area contributed by atoms with Crippen molar-refractivity contribution in [1.29, 1.82) is 0 Å². The van der Waals surface area contributed by atoms with Crippen LogP contribution in [0.3, 0.4) is 0 Å². The summed E-state index contributed by atoms with van der Waals surface area (Å²) in [5.41, 5.74) is 3.44. The molecule has 1 aliphatic rings. The number of hydrogen-bond acceptors (Lipinski definition) is 3. The highest BCUT2D eigenvalue weighted by Gasteiger charge is 2.28. The molecule has 0 bridgehead atoms. The summed E-state index contributed by atoms with van der Waals surface area (Å²) < 4.78 is 0. The van der Waals surface area contributed by atoms with E-state index in [2.05, 4.69) is 16.0 Å². The van der Waals surface area contributed by atoms with Gasteiger partial charge in [0.2, 0.25) is 11.8 Å². The van der Waals surface area contributed by atoms with Gasteiger partial charge in [-0.05, 0) is 49.4 Å². The second-order valence-corrected chi connectivity index (χ2v) is 7.05. The fourth-order valence-electron chi connectivity index (χ4n) is 2.98. The summed E-state index contributed by atoms with van der Waals surface area (Å²) in [5.74, 6) is -0.0210. The van der Waals surface area contributed by atoms with Crippen molar-refractivity contribution in [3.63, 3.8) is 0 Å². The van der Waals surface area contributed by atoms with Gasteiger partial charge in [-0.1, -0.05) is 43.3 Å². The van der Waals surface area contributed by atoms with Gasteiger partial charge in [0.05, 0.1) is 0 Å². The normalized spacial score (nSPS) is 14.3. The minimum Gasteiger partial charge on any atom is -0.370 e. The Labute approximate surface area is 160 Å². The zero-order valence-corrected chi connectivity index (χ0v) is 15.9. The van der Waals surface area contributed by atoms with E-state index >= 15 is 0 Å². The average molecular weight is 365 g/mol. The third-order valence-electron chi connectivity index (χ3n) is 4.70. The number of rotatable bonds is 8. The lowest BCUT2D eigenvalue weighted by Crippen LogP contribution is -2.35. The Bertz CT molecular complexity index is 800. The quantitative estimate of drug-likeness (QED) is 0.658. The van der Waals surface area contributed by atoms with Gasteiger partial charge in [0.25, 0.3) is 0 Å². The summed E-state index contributed by atoms with van der Waals surface area (Å²) in [6.45, 7) is 3.93. The SMILES string of the molecule is CCCC(=O)Nc1cccc(NC(C(=O)NC2CC2)c2ccccc2)c1C. The summed E-state index contributed by atoms with van der Waals surface area (Å²) in [6, 6.07) is 15.2. The number of benzene rings is 2. The van der Waals surface area contributed by atoms with Gasteiger partial charge in [-0.15, -0.1) is 0 Å². The number of carbonyl (C=O) groups excluding carboxylic acids is 2. The average Bonchev–Trinajstić information content (AvgIpc) is 3.47. The molecule has 1 saturated carbocycles. The van der Waals surface area contributed by atoms with Crippen LogP contribution in [0.1, 0.15) is 49.8 Å². The molecular weight excluding hydrogens is 338 g/mol. The smallest absolute Gasteiger partial charge is 0.247 e. The van der Waals surface area contributed by atoms with Gasteiger partial charge >= 0.3 is 0 Å². The molecule has 5 nitrogen and oxygen atoms in total. The molecule has 2 aromatic carbocycles. The number of nitrogens with one attached hydrogen (secondary N) is 3. The minimum atomic E-state index is -0.480. The molecule has 142 valence electrons. The van der Waals surface area contributed by atoms with Crippen LogP contribution in [0.2, 0.25) is 0 Å². The van der Waals surface area contributed by atoms with Gasteiger partial charge in [-0.25, -0.2) is 0 Å². The fourth-order valence-corrected chi connectivity index (χ4v) is 2.98. The van der Waals surface area contributed by atoms with Crippen molar-refractivity contribution in [3.05, 3.63) is 59.7 Å². The van der Waals surface area contributed by atoms with Crippen molar-refractivity contribution in [2.45, 2.75) is 51.6 Å². The van der Waals surface area contributed by atoms with E-state index in [1.807, 2.05) is 62.4 Å². The third-order valence-corrected chi connectivity index (χ3v) is 4.70.